The average molecular weight is 295 g/mol. The summed E-state index contributed by atoms with van der Waals surface area (Å²) < 4.78 is 13.5. The van der Waals surface area contributed by atoms with Gasteiger partial charge in [-0.2, -0.15) is 0 Å². The summed E-state index contributed by atoms with van der Waals surface area (Å²) in [5, 5.41) is 12.8. The second kappa shape index (κ2) is 6.79. The van der Waals surface area contributed by atoms with Gasteiger partial charge >= 0.3 is 0 Å². The molecule has 0 aliphatic heterocycles. The Hall–Kier alpha value is -1.49. The Bertz CT molecular complexity index is 565. The molecule has 2 aromatic rings. The number of benzene rings is 1. The molecule has 2 N–H and O–H groups in total. The van der Waals surface area contributed by atoms with E-state index < -0.39 is 5.82 Å². The Kier molecular flexibility index (Phi) is 5.06. The highest BCUT2D eigenvalue weighted by molar-refractivity contribution is 6.30. The Labute approximate surface area is 122 Å². The number of pyridine rings is 1. The average Bonchev–Trinajstić information content (AvgIpc) is 2.48. The summed E-state index contributed by atoms with van der Waals surface area (Å²) in [5.41, 5.74) is 1.51. The molecule has 0 radical (unpaired) electrons. The Morgan fingerprint density at radius 1 is 1.35 bits per heavy atom. The molecular formula is C15H16ClFN2O. The summed E-state index contributed by atoms with van der Waals surface area (Å²) in [6, 6.07) is 9.72. The Morgan fingerprint density at radius 3 is 2.75 bits per heavy atom. The van der Waals surface area contributed by atoms with Gasteiger partial charge in [0.2, 0.25) is 0 Å². The lowest BCUT2D eigenvalue weighted by molar-refractivity contribution is 0.234. The Balaban J connectivity index is 2.14. The van der Waals surface area contributed by atoms with E-state index in [9.17, 15) is 9.50 Å². The molecule has 20 heavy (non-hydrogen) atoms. The van der Waals surface area contributed by atoms with E-state index in [0.29, 0.717) is 5.56 Å². The van der Waals surface area contributed by atoms with Crippen LogP contribution in [-0.4, -0.2) is 16.7 Å². The van der Waals surface area contributed by atoms with E-state index in [4.69, 9.17) is 11.6 Å². The lowest BCUT2D eigenvalue weighted by Crippen LogP contribution is -2.27. The maximum absolute atomic E-state index is 13.5. The molecule has 2 atom stereocenters. The number of hydrogen-bond donors (Lipinski definition) is 2. The molecule has 0 fully saturated rings. The van der Waals surface area contributed by atoms with Crippen LogP contribution in [0.5, 0.6) is 0 Å². The van der Waals surface area contributed by atoms with Crippen LogP contribution >= 0.6 is 11.6 Å². The zero-order valence-electron chi connectivity index (χ0n) is 11.1. The highest BCUT2D eigenvalue weighted by Crippen LogP contribution is 2.22. The number of aromatic nitrogens is 1. The largest absolute Gasteiger partial charge is 0.394 e. The first-order chi connectivity index (χ1) is 9.61. The fraction of sp³-hybridized carbons (Fsp3) is 0.267. The number of halogens is 2. The van der Waals surface area contributed by atoms with Crippen LogP contribution in [0, 0.1) is 5.82 Å². The summed E-state index contributed by atoms with van der Waals surface area (Å²) in [5.74, 6) is -0.491. The summed E-state index contributed by atoms with van der Waals surface area (Å²) in [7, 11) is 0. The van der Waals surface area contributed by atoms with Gasteiger partial charge < -0.3 is 5.11 Å². The summed E-state index contributed by atoms with van der Waals surface area (Å²) in [4.78, 5) is 4.25. The third-order valence-electron chi connectivity index (χ3n) is 3.11. The SMILES string of the molecule is CC(NC(CO)c1ccc(Cl)c(F)c1)c1ccccn1. The first kappa shape index (κ1) is 14.9. The lowest BCUT2D eigenvalue weighted by Gasteiger charge is -2.22. The van der Waals surface area contributed by atoms with Gasteiger partial charge in [0, 0.05) is 12.2 Å². The van der Waals surface area contributed by atoms with Crippen molar-refractivity contribution in [2.75, 3.05) is 6.61 Å². The highest BCUT2D eigenvalue weighted by atomic mass is 35.5. The molecule has 1 heterocycles. The van der Waals surface area contributed by atoms with Crippen LogP contribution in [0.25, 0.3) is 0 Å². The standard InChI is InChI=1S/C15H16ClFN2O/c1-10(14-4-2-3-7-18-14)19-15(9-20)11-5-6-12(16)13(17)8-11/h2-8,10,15,19-20H,9H2,1H3. The van der Waals surface area contributed by atoms with Crippen LogP contribution in [0.4, 0.5) is 4.39 Å². The predicted octanol–water partition coefficient (Wildman–Crippen LogP) is 3.26. The van der Waals surface area contributed by atoms with Crippen molar-refractivity contribution in [3.8, 4) is 0 Å². The molecule has 1 aromatic carbocycles. The van der Waals surface area contributed by atoms with Crippen molar-refractivity contribution in [3.63, 3.8) is 0 Å². The van der Waals surface area contributed by atoms with Crippen molar-refractivity contribution in [2.45, 2.75) is 19.0 Å². The number of nitrogens with zero attached hydrogens (tertiary/aromatic N) is 1. The van der Waals surface area contributed by atoms with Crippen molar-refractivity contribution in [1.82, 2.24) is 10.3 Å². The molecule has 106 valence electrons. The summed E-state index contributed by atoms with van der Waals surface area (Å²) in [6.45, 7) is 1.80. The van der Waals surface area contributed by atoms with Crippen LogP contribution in [0.2, 0.25) is 5.02 Å². The van der Waals surface area contributed by atoms with Crippen LogP contribution < -0.4 is 5.32 Å². The van der Waals surface area contributed by atoms with Gasteiger partial charge in [0.1, 0.15) is 5.82 Å². The van der Waals surface area contributed by atoms with Crippen molar-refractivity contribution in [1.29, 1.82) is 0 Å². The van der Waals surface area contributed by atoms with E-state index in [-0.39, 0.29) is 23.7 Å². The molecule has 0 bridgehead atoms. The monoisotopic (exact) mass is 294 g/mol. The molecule has 3 nitrogen and oxygen atoms in total. The van der Waals surface area contributed by atoms with Crippen molar-refractivity contribution >= 4 is 11.6 Å². The molecular weight excluding hydrogens is 279 g/mol. The minimum absolute atomic E-state index is 0.0629. The zero-order chi connectivity index (χ0) is 14.5. The fourth-order valence-electron chi connectivity index (χ4n) is 2.00. The van der Waals surface area contributed by atoms with E-state index >= 15 is 0 Å². The number of aliphatic hydroxyl groups is 1. The van der Waals surface area contributed by atoms with E-state index in [1.165, 1.54) is 12.1 Å². The normalized spacial score (nSPS) is 14.0. The number of rotatable bonds is 5. The molecule has 0 saturated carbocycles. The van der Waals surface area contributed by atoms with E-state index in [0.717, 1.165) is 5.69 Å². The summed E-state index contributed by atoms with van der Waals surface area (Å²) >= 11 is 5.66. The first-order valence-corrected chi connectivity index (χ1v) is 6.72. The van der Waals surface area contributed by atoms with E-state index in [1.54, 1.807) is 12.3 Å². The summed E-state index contributed by atoms with van der Waals surface area (Å²) in [6.07, 6.45) is 1.71. The topological polar surface area (TPSA) is 45.1 Å². The molecule has 2 unspecified atom stereocenters. The second-order valence-electron chi connectivity index (χ2n) is 4.55. The smallest absolute Gasteiger partial charge is 0.142 e. The third-order valence-corrected chi connectivity index (χ3v) is 3.42. The Morgan fingerprint density at radius 2 is 2.15 bits per heavy atom. The lowest BCUT2D eigenvalue weighted by atomic mass is 10.1. The fourth-order valence-corrected chi connectivity index (χ4v) is 2.12. The minimum atomic E-state index is -0.491. The zero-order valence-corrected chi connectivity index (χ0v) is 11.8. The number of aliphatic hydroxyl groups excluding tert-OH is 1. The molecule has 0 spiro atoms. The molecule has 5 heteroatoms. The third kappa shape index (κ3) is 3.54. The molecule has 0 saturated heterocycles. The van der Waals surface area contributed by atoms with Crippen molar-refractivity contribution in [3.05, 3.63) is 64.7 Å². The van der Waals surface area contributed by atoms with Crippen LogP contribution in [0.1, 0.15) is 30.3 Å². The van der Waals surface area contributed by atoms with Gasteiger partial charge in [-0.3, -0.25) is 10.3 Å². The van der Waals surface area contributed by atoms with Crippen LogP contribution in [0.15, 0.2) is 42.6 Å². The van der Waals surface area contributed by atoms with Gasteiger partial charge in [-0.1, -0.05) is 23.7 Å². The number of hydrogen-bond acceptors (Lipinski definition) is 3. The van der Waals surface area contributed by atoms with Crippen molar-refractivity contribution < 1.29 is 9.50 Å². The first-order valence-electron chi connectivity index (χ1n) is 6.34. The van der Waals surface area contributed by atoms with Crippen LogP contribution in [0.3, 0.4) is 0 Å². The molecule has 2 rings (SSSR count). The quantitative estimate of drug-likeness (QED) is 0.890. The maximum atomic E-state index is 13.5. The van der Waals surface area contributed by atoms with Crippen LogP contribution in [-0.2, 0) is 0 Å². The minimum Gasteiger partial charge on any atom is -0.394 e. The van der Waals surface area contributed by atoms with E-state index in [1.807, 2.05) is 25.1 Å². The van der Waals surface area contributed by atoms with E-state index in [2.05, 4.69) is 10.3 Å². The van der Waals surface area contributed by atoms with Gasteiger partial charge in [-0.05, 0) is 36.8 Å². The molecule has 1 aromatic heterocycles. The van der Waals surface area contributed by atoms with Gasteiger partial charge in [-0.25, -0.2) is 4.39 Å². The maximum Gasteiger partial charge on any atom is 0.142 e. The molecule has 0 aliphatic carbocycles. The van der Waals surface area contributed by atoms with Crippen molar-refractivity contribution in [2.24, 2.45) is 0 Å². The highest BCUT2D eigenvalue weighted by Gasteiger charge is 2.16. The van der Waals surface area contributed by atoms with Gasteiger partial charge in [0.25, 0.3) is 0 Å². The van der Waals surface area contributed by atoms with Gasteiger partial charge in [0.05, 0.1) is 23.4 Å². The van der Waals surface area contributed by atoms with Gasteiger partial charge in [0.15, 0.2) is 0 Å². The number of nitrogens with one attached hydrogen (secondary N) is 1. The predicted molar refractivity (Wildman–Crippen MR) is 77.0 cm³/mol. The second-order valence-corrected chi connectivity index (χ2v) is 4.96. The molecule has 0 aliphatic rings. The van der Waals surface area contributed by atoms with Gasteiger partial charge in [-0.15, -0.1) is 0 Å². The molecule has 0 amide bonds.